The maximum Gasteiger partial charge on any atom is 0.418 e. The number of rotatable bonds is 6. The van der Waals surface area contributed by atoms with Crippen molar-refractivity contribution in [3.8, 4) is 0 Å². The Kier molecular flexibility index (Phi) is 9.25. The molecule has 2 amide bonds. The monoisotopic (exact) mass is 617 g/mol. The zero-order chi connectivity index (χ0) is 31.5. The van der Waals surface area contributed by atoms with Gasteiger partial charge in [-0.15, -0.1) is 0 Å². The van der Waals surface area contributed by atoms with Crippen molar-refractivity contribution in [1.29, 1.82) is 0 Å². The van der Waals surface area contributed by atoms with Crippen LogP contribution in [0.4, 0.5) is 53.9 Å². The SMILES string of the molecule is CCOC(=O)C1CCN(c2cc(N3CCN(C(=O)Nc4ccccc4C(F)(F)F)CC3)c([N+](=O)[O-])cc2C(F)(F)F)CC1. The van der Waals surface area contributed by atoms with Crippen LogP contribution in [-0.2, 0) is 21.9 Å². The number of carbonyl (C=O) groups excluding carboxylic acids is 2. The molecule has 2 heterocycles. The largest absolute Gasteiger partial charge is 0.466 e. The Morgan fingerprint density at radius 3 is 2.05 bits per heavy atom. The molecule has 0 atom stereocenters. The molecule has 1 N–H and O–H groups in total. The minimum atomic E-state index is -4.90. The molecular weight excluding hydrogens is 588 g/mol. The van der Waals surface area contributed by atoms with Crippen LogP contribution in [0.1, 0.15) is 30.9 Å². The van der Waals surface area contributed by atoms with Crippen molar-refractivity contribution < 1.29 is 45.6 Å². The molecule has 2 aromatic rings. The highest BCUT2D eigenvalue weighted by molar-refractivity contribution is 5.90. The molecule has 0 saturated carbocycles. The third-order valence-corrected chi connectivity index (χ3v) is 7.43. The lowest BCUT2D eigenvalue weighted by atomic mass is 9.95. The summed E-state index contributed by atoms with van der Waals surface area (Å²) in [4.78, 5) is 40.0. The van der Waals surface area contributed by atoms with Crippen molar-refractivity contribution in [2.75, 3.05) is 61.0 Å². The number of amides is 2. The third kappa shape index (κ3) is 7.22. The second kappa shape index (κ2) is 12.6. The zero-order valence-electron chi connectivity index (χ0n) is 23.0. The number of urea groups is 1. The summed E-state index contributed by atoms with van der Waals surface area (Å²) in [6.45, 7) is 1.86. The van der Waals surface area contributed by atoms with Crippen LogP contribution in [0, 0.1) is 16.0 Å². The summed E-state index contributed by atoms with van der Waals surface area (Å²) >= 11 is 0. The van der Waals surface area contributed by atoms with Crippen molar-refractivity contribution in [3.05, 3.63) is 57.6 Å². The molecule has 234 valence electrons. The Hall–Kier alpha value is -4.24. The lowest BCUT2D eigenvalue weighted by molar-refractivity contribution is -0.384. The van der Waals surface area contributed by atoms with Gasteiger partial charge >= 0.3 is 24.4 Å². The average Bonchev–Trinajstić information content (AvgIpc) is 2.96. The second-order valence-electron chi connectivity index (χ2n) is 10.1. The molecule has 16 heteroatoms. The lowest BCUT2D eigenvalue weighted by Gasteiger charge is -2.37. The van der Waals surface area contributed by atoms with E-state index in [0.717, 1.165) is 18.2 Å². The van der Waals surface area contributed by atoms with Crippen LogP contribution in [0.5, 0.6) is 0 Å². The molecule has 0 spiro atoms. The number of piperazine rings is 1. The molecule has 10 nitrogen and oxygen atoms in total. The lowest BCUT2D eigenvalue weighted by Crippen LogP contribution is -2.50. The van der Waals surface area contributed by atoms with Gasteiger partial charge in [0.1, 0.15) is 5.69 Å². The van der Waals surface area contributed by atoms with Gasteiger partial charge in [-0.05, 0) is 38.0 Å². The van der Waals surface area contributed by atoms with E-state index in [1.807, 2.05) is 0 Å². The number of nitro groups is 1. The number of nitrogens with one attached hydrogen (secondary N) is 1. The van der Waals surface area contributed by atoms with E-state index >= 15 is 0 Å². The third-order valence-electron chi connectivity index (χ3n) is 7.43. The number of nitro benzene ring substituents is 1. The maximum absolute atomic E-state index is 14.1. The predicted octanol–water partition coefficient (Wildman–Crippen LogP) is 5.77. The Morgan fingerprint density at radius 1 is 0.907 bits per heavy atom. The fraction of sp³-hybridized carbons (Fsp3) is 0.481. The quantitative estimate of drug-likeness (QED) is 0.190. The van der Waals surface area contributed by atoms with Crippen LogP contribution in [0.15, 0.2) is 36.4 Å². The minimum absolute atomic E-state index is 0.0229. The highest BCUT2D eigenvalue weighted by Gasteiger charge is 2.40. The molecule has 2 aliphatic rings. The predicted molar refractivity (Wildman–Crippen MR) is 144 cm³/mol. The summed E-state index contributed by atoms with van der Waals surface area (Å²) < 4.78 is 87.2. The van der Waals surface area contributed by atoms with Crippen LogP contribution in [0.3, 0.4) is 0 Å². The molecule has 0 radical (unpaired) electrons. The van der Waals surface area contributed by atoms with Crippen LogP contribution >= 0.6 is 0 Å². The minimum Gasteiger partial charge on any atom is -0.466 e. The molecular formula is C27H29F6N5O5. The maximum atomic E-state index is 14.1. The van der Waals surface area contributed by atoms with Gasteiger partial charge in [0.15, 0.2) is 0 Å². The first-order valence-corrected chi connectivity index (χ1v) is 13.5. The van der Waals surface area contributed by atoms with E-state index in [2.05, 4.69) is 5.32 Å². The van der Waals surface area contributed by atoms with Gasteiger partial charge in [0, 0.05) is 45.3 Å². The summed E-state index contributed by atoms with van der Waals surface area (Å²) in [6, 6.07) is 5.25. The van der Waals surface area contributed by atoms with Crippen LogP contribution in [0.25, 0.3) is 0 Å². The number of carbonyl (C=O) groups is 2. The van der Waals surface area contributed by atoms with E-state index in [1.165, 1.54) is 26.8 Å². The Morgan fingerprint density at radius 2 is 1.49 bits per heavy atom. The summed E-state index contributed by atoms with van der Waals surface area (Å²) in [5.74, 6) is -0.892. The summed E-state index contributed by atoms with van der Waals surface area (Å²) in [7, 11) is 0. The molecule has 0 aromatic heterocycles. The standard InChI is InChI=1S/C27H29F6N5O5/c1-2-43-24(39)17-7-9-35(10-8-17)21-16-22(23(38(41)42)15-19(21)27(31,32)33)36-11-13-37(14-12-36)25(40)34-20-6-4-3-5-18(20)26(28,29)30/h3-6,15-17H,2,7-14H2,1H3,(H,34,40). The van der Waals surface area contributed by atoms with E-state index in [-0.39, 0.29) is 70.1 Å². The van der Waals surface area contributed by atoms with Crippen LogP contribution in [0.2, 0.25) is 0 Å². The van der Waals surface area contributed by atoms with Crippen molar-refractivity contribution in [2.24, 2.45) is 5.92 Å². The van der Waals surface area contributed by atoms with Gasteiger partial charge in [-0.3, -0.25) is 14.9 Å². The van der Waals surface area contributed by atoms with Crippen molar-refractivity contribution >= 4 is 34.7 Å². The molecule has 2 saturated heterocycles. The van der Waals surface area contributed by atoms with Gasteiger partial charge in [-0.1, -0.05) is 12.1 Å². The number of esters is 1. The average molecular weight is 618 g/mol. The van der Waals surface area contributed by atoms with Gasteiger partial charge in [-0.2, -0.15) is 26.3 Å². The highest BCUT2D eigenvalue weighted by Crippen LogP contribution is 2.44. The van der Waals surface area contributed by atoms with E-state index in [9.17, 15) is 46.0 Å². The smallest absolute Gasteiger partial charge is 0.418 e. The number of hydrogen-bond acceptors (Lipinski definition) is 7. The molecule has 2 fully saturated rings. The fourth-order valence-electron chi connectivity index (χ4n) is 5.25. The molecule has 43 heavy (non-hydrogen) atoms. The highest BCUT2D eigenvalue weighted by atomic mass is 19.4. The Balaban J connectivity index is 1.54. The number of ether oxygens (including phenoxy) is 1. The molecule has 0 aliphatic carbocycles. The van der Waals surface area contributed by atoms with E-state index in [4.69, 9.17) is 4.74 Å². The number of hydrogen-bond donors (Lipinski definition) is 1. The Bertz CT molecular complexity index is 1350. The number of alkyl halides is 6. The first kappa shape index (κ1) is 31.7. The zero-order valence-corrected chi connectivity index (χ0v) is 23.0. The first-order valence-electron chi connectivity index (χ1n) is 13.5. The summed E-state index contributed by atoms with van der Waals surface area (Å²) in [6.07, 6.45) is -9.11. The number of anilines is 3. The number of para-hydroxylation sites is 1. The number of halogens is 6. The number of benzene rings is 2. The summed E-state index contributed by atoms with van der Waals surface area (Å²) in [5.41, 5.74) is -3.76. The van der Waals surface area contributed by atoms with E-state index < -0.39 is 57.7 Å². The van der Waals surface area contributed by atoms with Gasteiger partial charge in [-0.25, -0.2) is 4.79 Å². The van der Waals surface area contributed by atoms with Gasteiger partial charge in [0.05, 0.1) is 39.9 Å². The molecule has 0 unspecified atom stereocenters. The molecule has 2 aromatic carbocycles. The van der Waals surface area contributed by atoms with Crippen molar-refractivity contribution in [3.63, 3.8) is 0 Å². The number of nitrogens with zero attached hydrogens (tertiary/aromatic N) is 4. The van der Waals surface area contributed by atoms with Gasteiger partial charge < -0.3 is 24.8 Å². The van der Waals surface area contributed by atoms with Gasteiger partial charge in [0.25, 0.3) is 5.69 Å². The van der Waals surface area contributed by atoms with Crippen molar-refractivity contribution in [2.45, 2.75) is 32.1 Å². The topological polar surface area (TPSA) is 108 Å². The van der Waals surface area contributed by atoms with E-state index in [0.29, 0.717) is 6.07 Å². The van der Waals surface area contributed by atoms with E-state index in [1.54, 1.807) is 6.92 Å². The molecule has 4 rings (SSSR count). The summed E-state index contributed by atoms with van der Waals surface area (Å²) in [5, 5.41) is 14.1. The number of piperidine rings is 1. The van der Waals surface area contributed by atoms with Gasteiger partial charge in [0.2, 0.25) is 0 Å². The van der Waals surface area contributed by atoms with Crippen LogP contribution in [-0.4, -0.2) is 67.7 Å². The van der Waals surface area contributed by atoms with Crippen molar-refractivity contribution in [1.82, 2.24) is 4.90 Å². The first-order chi connectivity index (χ1) is 20.2. The normalized spacial score (nSPS) is 16.7. The fourth-order valence-corrected chi connectivity index (χ4v) is 5.25. The Labute approximate surface area is 242 Å². The second-order valence-corrected chi connectivity index (χ2v) is 10.1. The van der Waals surface area contributed by atoms with Crippen LogP contribution < -0.4 is 15.1 Å². The molecule has 2 aliphatic heterocycles. The molecule has 0 bridgehead atoms.